The van der Waals surface area contributed by atoms with Gasteiger partial charge in [-0.05, 0) is 51.0 Å². The van der Waals surface area contributed by atoms with Crippen LogP contribution >= 0.6 is 11.3 Å². The number of fused-ring (bicyclic) bond motifs is 1. The SMILES string of the molecule is CCOC(=O)C1=C(C)NC(C)C(C(=O)OCC)(c2ccccc2)C1c1nccs1.Oc1ccc2cc1-2. The van der Waals surface area contributed by atoms with Crippen LogP contribution < -0.4 is 5.32 Å². The van der Waals surface area contributed by atoms with E-state index in [4.69, 9.17) is 14.6 Å². The summed E-state index contributed by atoms with van der Waals surface area (Å²) in [7, 11) is 0. The maximum atomic E-state index is 13.6. The van der Waals surface area contributed by atoms with Crippen molar-refractivity contribution >= 4 is 23.3 Å². The van der Waals surface area contributed by atoms with E-state index < -0.39 is 17.3 Å². The van der Waals surface area contributed by atoms with Crippen LogP contribution in [0.3, 0.4) is 0 Å². The first kappa shape index (κ1) is 25.4. The smallest absolute Gasteiger partial charge is 0.336 e. The molecule has 5 rings (SSSR count). The molecule has 2 heterocycles. The summed E-state index contributed by atoms with van der Waals surface area (Å²) < 4.78 is 11.0. The van der Waals surface area contributed by atoms with Gasteiger partial charge in [-0.1, -0.05) is 36.4 Å². The molecular formula is C28H30N2O5S. The number of carbonyl (C=O) groups is 2. The molecule has 1 aromatic heterocycles. The van der Waals surface area contributed by atoms with Gasteiger partial charge in [0.2, 0.25) is 0 Å². The molecule has 2 N–H and O–H groups in total. The van der Waals surface area contributed by atoms with Gasteiger partial charge in [-0.25, -0.2) is 9.78 Å². The van der Waals surface area contributed by atoms with Gasteiger partial charge in [-0.15, -0.1) is 11.3 Å². The van der Waals surface area contributed by atoms with E-state index in [-0.39, 0.29) is 25.2 Å². The number of benzene rings is 2. The molecule has 8 heteroatoms. The Balaban J connectivity index is 0.000000367. The lowest BCUT2D eigenvalue weighted by Gasteiger charge is -2.47. The van der Waals surface area contributed by atoms with Crippen LogP contribution in [-0.4, -0.2) is 41.3 Å². The Hall–Kier alpha value is -3.65. The zero-order valence-corrected chi connectivity index (χ0v) is 21.6. The Kier molecular flexibility index (Phi) is 7.45. The summed E-state index contributed by atoms with van der Waals surface area (Å²) in [6.07, 6.45) is 1.69. The summed E-state index contributed by atoms with van der Waals surface area (Å²) >= 11 is 1.42. The molecule has 0 saturated carbocycles. The van der Waals surface area contributed by atoms with Crippen molar-refractivity contribution < 1.29 is 24.2 Å². The average Bonchev–Trinajstić information content (AvgIpc) is 3.26. The number of nitrogens with one attached hydrogen (secondary N) is 1. The van der Waals surface area contributed by atoms with Gasteiger partial charge in [0, 0.05) is 28.9 Å². The molecular weight excluding hydrogens is 476 g/mol. The Labute approximate surface area is 214 Å². The standard InChI is InChI=1S/C22H26N2O4S.C6H4O/c1-5-27-20(25)17-14(3)24-15(4)22(21(26)28-6-2,16-10-8-7-9-11-16)18(17)19-23-12-13-29-19;7-6-2-1-4-3-5(4)6/h7-13,15,18,24H,5-6H2,1-4H3;1-3,7H. The van der Waals surface area contributed by atoms with Gasteiger partial charge in [-0.3, -0.25) is 4.79 Å². The molecule has 3 unspecified atom stereocenters. The minimum Gasteiger partial charge on any atom is -0.507 e. The number of aromatic nitrogens is 1. The van der Waals surface area contributed by atoms with E-state index in [0.29, 0.717) is 22.0 Å². The fourth-order valence-electron chi connectivity index (χ4n) is 4.92. The second-order valence-corrected chi connectivity index (χ2v) is 9.54. The van der Waals surface area contributed by atoms with Gasteiger partial charge in [0.15, 0.2) is 0 Å². The van der Waals surface area contributed by atoms with Crippen molar-refractivity contribution in [1.82, 2.24) is 10.3 Å². The summed E-state index contributed by atoms with van der Waals surface area (Å²) in [6.45, 7) is 7.80. The van der Waals surface area contributed by atoms with Crippen molar-refractivity contribution in [2.24, 2.45) is 0 Å². The van der Waals surface area contributed by atoms with E-state index in [9.17, 15) is 9.59 Å². The minimum absolute atomic E-state index is 0.238. The molecule has 0 bridgehead atoms. The highest BCUT2D eigenvalue weighted by Gasteiger charge is 2.59. The first-order valence-corrected chi connectivity index (χ1v) is 12.8. The van der Waals surface area contributed by atoms with E-state index in [0.717, 1.165) is 11.1 Å². The summed E-state index contributed by atoms with van der Waals surface area (Å²) in [4.78, 5) is 31.1. The van der Waals surface area contributed by atoms with Crippen molar-refractivity contribution in [2.75, 3.05) is 13.2 Å². The number of hydrogen-bond donors (Lipinski definition) is 2. The predicted molar refractivity (Wildman–Crippen MR) is 139 cm³/mol. The van der Waals surface area contributed by atoms with Gasteiger partial charge in [0.25, 0.3) is 0 Å². The molecule has 2 aromatic rings. The molecule has 7 nitrogen and oxygen atoms in total. The molecule has 3 atom stereocenters. The van der Waals surface area contributed by atoms with Crippen molar-refractivity contribution in [2.45, 2.75) is 45.1 Å². The molecule has 2 aliphatic carbocycles. The number of phenolic OH excluding ortho intramolecular Hbond substituents is 1. The van der Waals surface area contributed by atoms with Crippen LogP contribution in [0.15, 0.2) is 71.4 Å². The average molecular weight is 507 g/mol. The number of hydrogen-bond acceptors (Lipinski definition) is 8. The number of allylic oxidation sites excluding steroid dienone is 1. The molecule has 0 amide bonds. The number of aromatic hydroxyl groups is 1. The lowest BCUT2D eigenvalue weighted by Crippen LogP contribution is -2.60. The molecule has 0 fully saturated rings. The van der Waals surface area contributed by atoms with Gasteiger partial charge in [0.05, 0.1) is 24.7 Å². The van der Waals surface area contributed by atoms with Crippen molar-refractivity contribution in [3.63, 3.8) is 0 Å². The number of phenols is 1. The first-order valence-electron chi connectivity index (χ1n) is 12.0. The lowest BCUT2D eigenvalue weighted by atomic mass is 9.61. The number of thiazole rings is 1. The van der Waals surface area contributed by atoms with Gasteiger partial charge < -0.3 is 19.9 Å². The van der Waals surface area contributed by atoms with Crippen LogP contribution in [0.25, 0.3) is 11.1 Å². The molecule has 0 spiro atoms. The molecule has 188 valence electrons. The normalized spacial score (nSPS) is 21.6. The number of carbonyl (C=O) groups excluding carboxylic acids is 2. The van der Waals surface area contributed by atoms with E-state index in [1.165, 1.54) is 16.9 Å². The number of ether oxygens (including phenoxy) is 2. The Bertz CT molecular complexity index is 1270. The topological polar surface area (TPSA) is 97.8 Å². The monoisotopic (exact) mass is 506 g/mol. The summed E-state index contributed by atoms with van der Waals surface area (Å²) in [5.41, 5.74) is 2.92. The molecule has 1 aromatic carbocycles. The first-order chi connectivity index (χ1) is 17.4. The molecule has 0 saturated heterocycles. The Morgan fingerprint density at radius 1 is 1.11 bits per heavy atom. The minimum atomic E-state index is -1.17. The number of rotatable bonds is 6. The van der Waals surface area contributed by atoms with Gasteiger partial charge in [0.1, 0.15) is 16.2 Å². The third-order valence-corrected chi connectivity index (χ3v) is 7.39. The molecule has 3 aliphatic rings. The van der Waals surface area contributed by atoms with E-state index in [1.807, 2.05) is 61.7 Å². The maximum Gasteiger partial charge on any atom is 0.336 e. The second-order valence-electron chi connectivity index (χ2n) is 8.62. The van der Waals surface area contributed by atoms with Crippen LogP contribution in [0, 0.1) is 0 Å². The predicted octanol–water partition coefficient (Wildman–Crippen LogP) is 4.93. The zero-order valence-electron chi connectivity index (χ0n) is 20.8. The van der Waals surface area contributed by atoms with Crippen molar-refractivity contribution in [3.8, 4) is 16.9 Å². The van der Waals surface area contributed by atoms with Crippen molar-refractivity contribution in [1.29, 1.82) is 0 Å². The van der Waals surface area contributed by atoms with Crippen LogP contribution in [0.2, 0.25) is 0 Å². The highest BCUT2D eigenvalue weighted by molar-refractivity contribution is 7.09. The van der Waals surface area contributed by atoms with Crippen LogP contribution in [0.4, 0.5) is 0 Å². The second kappa shape index (κ2) is 10.5. The molecule has 0 radical (unpaired) electrons. The van der Waals surface area contributed by atoms with Gasteiger partial charge in [-0.2, -0.15) is 0 Å². The fraction of sp³-hybridized carbons (Fsp3) is 0.321. The van der Waals surface area contributed by atoms with Crippen molar-refractivity contribution in [3.05, 3.63) is 81.9 Å². The quantitative estimate of drug-likeness (QED) is 0.358. The van der Waals surface area contributed by atoms with Crippen LogP contribution in [0.5, 0.6) is 5.75 Å². The third-order valence-electron chi connectivity index (χ3n) is 6.55. The maximum absolute atomic E-state index is 13.6. The lowest BCUT2D eigenvalue weighted by molar-refractivity contribution is -0.153. The highest BCUT2D eigenvalue weighted by Crippen LogP contribution is 2.51. The largest absolute Gasteiger partial charge is 0.507 e. The van der Waals surface area contributed by atoms with Crippen LogP contribution in [0.1, 0.15) is 44.2 Å². The summed E-state index contributed by atoms with van der Waals surface area (Å²) in [6, 6.07) is 14.7. The van der Waals surface area contributed by atoms with Gasteiger partial charge >= 0.3 is 11.9 Å². The highest BCUT2D eigenvalue weighted by atomic mass is 32.1. The van der Waals surface area contributed by atoms with E-state index in [2.05, 4.69) is 10.3 Å². The van der Waals surface area contributed by atoms with Crippen LogP contribution in [-0.2, 0) is 24.5 Å². The molecule has 36 heavy (non-hydrogen) atoms. The fourth-order valence-corrected chi connectivity index (χ4v) is 5.74. The number of nitrogens with zero attached hydrogens (tertiary/aromatic N) is 1. The van der Waals surface area contributed by atoms with E-state index in [1.54, 1.807) is 26.1 Å². The number of esters is 2. The van der Waals surface area contributed by atoms with E-state index >= 15 is 0 Å². The third kappa shape index (κ3) is 4.48. The molecule has 1 aliphatic heterocycles. The Morgan fingerprint density at radius 2 is 1.83 bits per heavy atom. The Morgan fingerprint density at radius 3 is 2.33 bits per heavy atom. The summed E-state index contributed by atoms with van der Waals surface area (Å²) in [5, 5.41) is 14.7. The summed E-state index contributed by atoms with van der Waals surface area (Å²) in [5.74, 6) is -1.04. The zero-order chi connectivity index (χ0) is 25.9.